The first kappa shape index (κ1) is 15.0. The predicted molar refractivity (Wildman–Crippen MR) is 62.4 cm³/mol. The van der Waals surface area contributed by atoms with E-state index in [4.69, 9.17) is 11.6 Å². The van der Waals surface area contributed by atoms with E-state index in [9.17, 15) is 18.0 Å². The minimum absolute atomic E-state index is 0.0688. The van der Waals surface area contributed by atoms with Crippen molar-refractivity contribution in [1.82, 2.24) is 4.98 Å². The summed E-state index contributed by atoms with van der Waals surface area (Å²) in [5.41, 5.74) is 0. The third-order valence-electron chi connectivity index (χ3n) is 2.00. The second-order valence-electron chi connectivity index (χ2n) is 3.39. The lowest BCUT2D eigenvalue weighted by Gasteiger charge is -2.16. The van der Waals surface area contributed by atoms with Crippen molar-refractivity contribution in [2.45, 2.75) is 12.6 Å². The summed E-state index contributed by atoms with van der Waals surface area (Å²) in [6.45, 7) is -0.256. The molecule has 0 N–H and O–H groups in total. The number of esters is 1. The molecule has 0 fully saturated rings. The Morgan fingerprint density at radius 3 is 2.67 bits per heavy atom. The average Bonchev–Trinajstić information content (AvgIpc) is 2.66. The molecule has 1 aromatic heterocycles. The summed E-state index contributed by atoms with van der Waals surface area (Å²) in [4.78, 5) is 16.4. The van der Waals surface area contributed by atoms with Crippen molar-refractivity contribution < 1.29 is 22.7 Å². The molecule has 1 heterocycles. The van der Waals surface area contributed by atoms with E-state index in [1.54, 1.807) is 0 Å². The van der Waals surface area contributed by atoms with Crippen LogP contribution in [-0.4, -0.2) is 37.8 Å². The van der Waals surface area contributed by atoms with Gasteiger partial charge in [0.2, 0.25) is 0 Å². The molecule has 0 bridgehead atoms. The maximum Gasteiger partial charge on any atom is 0.390 e. The Morgan fingerprint density at radius 1 is 1.56 bits per heavy atom. The first-order chi connectivity index (χ1) is 8.24. The standard InChI is InChI=1S/C9H10ClF3N2O2S/c1-15(4-3-9(11,12)13)8-14-6(10)5(18-8)7(16)17-2/h3-4H2,1-2H3. The van der Waals surface area contributed by atoms with Gasteiger partial charge in [-0.1, -0.05) is 22.9 Å². The molecule has 0 aliphatic rings. The topological polar surface area (TPSA) is 42.4 Å². The number of aromatic nitrogens is 1. The number of ether oxygens (including phenoxy) is 1. The molecule has 0 aliphatic heterocycles. The van der Waals surface area contributed by atoms with Crippen LogP contribution in [0.3, 0.4) is 0 Å². The van der Waals surface area contributed by atoms with E-state index in [0.717, 1.165) is 11.3 Å². The number of hydrogen-bond acceptors (Lipinski definition) is 5. The van der Waals surface area contributed by atoms with Crippen molar-refractivity contribution in [3.05, 3.63) is 10.0 Å². The van der Waals surface area contributed by atoms with Gasteiger partial charge in [-0.15, -0.1) is 0 Å². The Labute approximate surface area is 110 Å². The van der Waals surface area contributed by atoms with Crippen LogP contribution < -0.4 is 4.90 Å². The number of thiazole rings is 1. The molecule has 0 radical (unpaired) electrons. The van der Waals surface area contributed by atoms with Crippen molar-refractivity contribution in [3.8, 4) is 0 Å². The molecular formula is C9H10ClF3N2O2S. The summed E-state index contributed by atoms with van der Waals surface area (Å²) in [6, 6.07) is 0. The summed E-state index contributed by atoms with van der Waals surface area (Å²) >= 11 is 6.59. The average molecular weight is 303 g/mol. The van der Waals surface area contributed by atoms with Crippen molar-refractivity contribution in [3.63, 3.8) is 0 Å². The van der Waals surface area contributed by atoms with Gasteiger partial charge in [0.15, 0.2) is 15.2 Å². The van der Waals surface area contributed by atoms with Crippen LogP contribution in [0.25, 0.3) is 0 Å². The molecule has 0 aliphatic carbocycles. The highest BCUT2D eigenvalue weighted by Crippen LogP contribution is 2.30. The molecular weight excluding hydrogens is 293 g/mol. The van der Waals surface area contributed by atoms with Gasteiger partial charge >= 0.3 is 12.1 Å². The van der Waals surface area contributed by atoms with Gasteiger partial charge in [0.25, 0.3) is 0 Å². The fraction of sp³-hybridized carbons (Fsp3) is 0.556. The van der Waals surface area contributed by atoms with Crippen LogP contribution in [0.1, 0.15) is 16.1 Å². The van der Waals surface area contributed by atoms with Gasteiger partial charge in [-0.2, -0.15) is 13.2 Å². The summed E-state index contributed by atoms with van der Waals surface area (Å²) in [6.07, 6.45) is -5.20. The molecule has 1 aromatic rings. The molecule has 0 saturated heterocycles. The zero-order valence-electron chi connectivity index (χ0n) is 9.55. The van der Waals surface area contributed by atoms with Gasteiger partial charge in [-0.25, -0.2) is 9.78 Å². The van der Waals surface area contributed by atoms with Gasteiger partial charge in [0.05, 0.1) is 13.5 Å². The van der Waals surface area contributed by atoms with Crippen molar-refractivity contribution in [2.75, 3.05) is 25.6 Å². The summed E-state index contributed by atoms with van der Waals surface area (Å²) in [7, 11) is 2.63. The number of rotatable bonds is 4. The monoisotopic (exact) mass is 302 g/mol. The first-order valence-electron chi connectivity index (χ1n) is 4.77. The molecule has 0 saturated carbocycles. The summed E-state index contributed by atoms with van der Waals surface area (Å²) in [5, 5.41) is 0.172. The van der Waals surface area contributed by atoms with Gasteiger partial charge in [-0.05, 0) is 0 Å². The molecule has 0 unspecified atom stereocenters. The zero-order valence-corrected chi connectivity index (χ0v) is 11.1. The van der Waals surface area contributed by atoms with E-state index in [-0.39, 0.29) is 21.7 Å². The highest BCUT2D eigenvalue weighted by atomic mass is 35.5. The molecule has 0 aromatic carbocycles. The van der Waals surface area contributed by atoms with Crippen molar-refractivity contribution in [1.29, 1.82) is 0 Å². The Kier molecular flexibility index (Phi) is 4.80. The summed E-state index contributed by atoms with van der Waals surface area (Å²) < 4.78 is 40.6. The molecule has 9 heteroatoms. The number of carbonyl (C=O) groups excluding carboxylic acids is 1. The second kappa shape index (κ2) is 5.75. The molecule has 4 nitrogen and oxygen atoms in total. The van der Waals surface area contributed by atoms with Crippen LogP contribution in [-0.2, 0) is 4.74 Å². The number of alkyl halides is 3. The van der Waals surface area contributed by atoms with E-state index in [2.05, 4.69) is 9.72 Å². The normalized spacial score (nSPS) is 11.4. The second-order valence-corrected chi connectivity index (χ2v) is 4.73. The van der Waals surface area contributed by atoms with E-state index in [0.29, 0.717) is 0 Å². The molecule has 0 amide bonds. The van der Waals surface area contributed by atoms with Gasteiger partial charge in [-0.3, -0.25) is 0 Å². The highest BCUT2D eigenvalue weighted by Gasteiger charge is 2.28. The fourth-order valence-electron chi connectivity index (χ4n) is 1.06. The lowest BCUT2D eigenvalue weighted by atomic mass is 10.4. The Morgan fingerprint density at radius 2 is 2.17 bits per heavy atom. The van der Waals surface area contributed by atoms with E-state index in [1.165, 1.54) is 19.1 Å². The van der Waals surface area contributed by atoms with Gasteiger partial charge in [0, 0.05) is 13.6 Å². The van der Waals surface area contributed by atoms with Crippen molar-refractivity contribution >= 4 is 34.0 Å². The number of halogens is 4. The molecule has 18 heavy (non-hydrogen) atoms. The van der Waals surface area contributed by atoms with Crippen LogP contribution in [0.2, 0.25) is 5.15 Å². The number of carbonyl (C=O) groups is 1. The molecule has 0 spiro atoms. The number of methoxy groups -OCH3 is 1. The minimum Gasteiger partial charge on any atom is -0.465 e. The quantitative estimate of drug-likeness (QED) is 0.802. The molecule has 102 valence electrons. The van der Waals surface area contributed by atoms with Gasteiger partial charge < -0.3 is 9.64 Å². The fourth-order valence-corrected chi connectivity index (χ4v) is 2.25. The van der Waals surface area contributed by atoms with Crippen LogP contribution in [0.15, 0.2) is 0 Å². The Bertz CT molecular complexity index is 436. The predicted octanol–water partition coefficient (Wildman–Crippen LogP) is 2.97. The van der Waals surface area contributed by atoms with E-state index >= 15 is 0 Å². The SMILES string of the molecule is COC(=O)c1sc(N(C)CCC(F)(F)F)nc1Cl. The van der Waals surface area contributed by atoms with Gasteiger partial charge in [0.1, 0.15) is 0 Å². The lowest BCUT2D eigenvalue weighted by Crippen LogP contribution is -2.23. The minimum atomic E-state index is -4.24. The van der Waals surface area contributed by atoms with E-state index in [1.807, 2.05) is 0 Å². The third kappa shape index (κ3) is 4.02. The van der Waals surface area contributed by atoms with Crippen LogP contribution in [0.5, 0.6) is 0 Å². The first-order valence-corrected chi connectivity index (χ1v) is 5.96. The molecule has 0 atom stereocenters. The maximum atomic E-state index is 12.1. The van der Waals surface area contributed by atoms with Crippen LogP contribution in [0.4, 0.5) is 18.3 Å². The summed E-state index contributed by atoms with van der Waals surface area (Å²) in [5.74, 6) is -0.659. The number of nitrogens with zero attached hydrogens (tertiary/aromatic N) is 2. The third-order valence-corrected chi connectivity index (χ3v) is 3.54. The zero-order chi connectivity index (χ0) is 13.9. The smallest absolute Gasteiger partial charge is 0.390 e. The van der Waals surface area contributed by atoms with Crippen LogP contribution >= 0.6 is 22.9 Å². The largest absolute Gasteiger partial charge is 0.465 e. The van der Waals surface area contributed by atoms with E-state index < -0.39 is 18.6 Å². The molecule has 1 rings (SSSR count). The van der Waals surface area contributed by atoms with Crippen molar-refractivity contribution in [2.24, 2.45) is 0 Å². The number of hydrogen-bond donors (Lipinski definition) is 0. The maximum absolute atomic E-state index is 12.1. The highest BCUT2D eigenvalue weighted by molar-refractivity contribution is 7.18. The van der Waals surface area contributed by atoms with Crippen LogP contribution in [0, 0.1) is 0 Å². The Balaban J connectivity index is 2.75. The number of anilines is 1. The Hall–Kier alpha value is -1.02. The lowest BCUT2D eigenvalue weighted by molar-refractivity contribution is -0.132.